The maximum absolute atomic E-state index is 13.1. The molecule has 0 aliphatic heterocycles. The van der Waals surface area contributed by atoms with Gasteiger partial charge >= 0.3 is 39.5 Å². The van der Waals surface area contributed by atoms with Crippen LogP contribution in [0.4, 0.5) is 0 Å². The summed E-state index contributed by atoms with van der Waals surface area (Å²) >= 11 is 0. The lowest BCUT2D eigenvalue weighted by molar-refractivity contribution is -0.161. The third-order valence-electron chi connectivity index (χ3n) is 20.9. The van der Waals surface area contributed by atoms with E-state index in [1.54, 1.807) is 0 Å². The summed E-state index contributed by atoms with van der Waals surface area (Å²) in [6.07, 6.45) is 66.8. The summed E-state index contributed by atoms with van der Waals surface area (Å²) in [5.41, 5.74) is 0. The maximum atomic E-state index is 13.1. The van der Waals surface area contributed by atoms with Gasteiger partial charge in [-0.15, -0.1) is 0 Å². The van der Waals surface area contributed by atoms with Crippen LogP contribution in [0.2, 0.25) is 0 Å². The van der Waals surface area contributed by atoms with Gasteiger partial charge in [-0.25, -0.2) is 9.13 Å². The predicted molar refractivity (Wildman–Crippen MR) is 441 cm³/mol. The van der Waals surface area contributed by atoms with Gasteiger partial charge < -0.3 is 33.8 Å². The first-order chi connectivity index (χ1) is 51.6. The molecule has 0 radical (unpaired) electrons. The molecule has 636 valence electrons. The number of carbonyl (C=O) groups is 4. The van der Waals surface area contributed by atoms with Crippen LogP contribution in [0, 0.1) is 23.7 Å². The van der Waals surface area contributed by atoms with Crippen LogP contribution < -0.4 is 0 Å². The molecule has 0 amide bonds. The lowest BCUT2D eigenvalue weighted by Crippen LogP contribution is -2.30. The van der Waals surface area contributed by atoms with Crippen LogP contribution in [0.25, 0.3) is 0 Å². The second kappa shape index (κ2) is 76.7. The quantitative estimate of drug-likeness (QED) is 0.0222. The van der Waals surface area contributed by atoms with Crippen molar-refractivity contribution in [3.8, 4) is 0 Å². The number of aliphatic hydroxyl groups is 1. The molecule has 0 rings (SSSR count). The van der Waals surface area contributed by atoms with Gasteiger partial charge in [0.1, 0.15) is 19.3 Å². The monoisotopic (exact) mass is 1560 g/mol. The van der Waals surface area contributed by atoms with E-state index in [-0.39, 0.29) is 25.7 Å². The second-order valence-electron chi connectivity index (χ2n) is 33.3. The Morgan fingerprint density at radius 2 is 0.449 bits per heavy atom. The molecular weight excluding hydrogens is 1390 g/mol. The molecular formula is C88H172O17P2. The molecule has 19 heteroatoms. The minimum Gasteiger partial charge on any atom is -0.462 e. The fourth-order valence-electron chi connectivity index (χ4n) is 13.6. The van der Waals surface area contributed by atoms with Crippen LogP contribution in [0.1, 0.15) is 460 Å². The van der Waals surface area contributed by atoms with Gasteiger partial charge in [-0.1, -0.05) is 409 Å². The molecule has 0 fully saturated rings. The van der Waals surface area contributed by atoms with Crippen LogP contribution in [-0.2, 0) is 65.4 Å². The highest BCUT2D eigenvalue weighted by molar-refractivity contribution is 7.47. The van der Waals surface area contributed by atoms with Gasteiger partial charge in [0.2, 0.25) is 0 Å². The van der Waals surface area contributed by atoms with Crippen molar-refractivity contribution in [2.45, 2.75) is 478 Å². The summed E-state index contributed by atoms with van der Waals surface area (Å²) in [5.74, 6) is 1.05. The molecule has 3 unspecified atom stereocenters. The number of hydrogen-bond donors (Lipinski definition) is 3. The van der Waals surface area contributed by atoms with Crippen molar-refractivity contribution in [1.29, 1.82) is 0 Å². The Bertz CT molecular complexity index is 2080. The van der Waals surface area contributed by atoms with Crippen molar-refractivity contribution in [1.82, 2.24) is 0 Å². The van der Waals surface area contributed by atoms with Crippen LogP contribution in [0.5, 0.6) is 0 Å². The first-order valence-corrected chi connectivity index (χ1v) is 48.2. The lowest BCUT2D eigenvalue weighted by atomic mass is 10.00. The molecule has 0 aliphatic rings. The molecule has 0 aromatic carbocycles. The Labute approximate surface area is 658 Å². The van der Waals surface area contributed by atoms with Crippen molar-refractivity contribution in [2.24, 2.45) is 23.7 Å². The molecule has 0 saturated heterocycles. The van der Waals surface area contributed by atoms with Gasteiger partial charge in [0.25, 0.3) is 0 Å². The molecule has 6 atom stereocenters. The Morgan fingerprint density at radius 3 is 0.664 bits per heavy atom. The molecule has 0 aromatic rings. The Hall–Kier alpha value is -1.94. The fourth-order valence-corrected chi connectivity index (χ4v) is 15.2. The minimum atomic E-state index is -4.97. The number of aliphatic hydroxyl groups excluding tert-OH is 1. The first kappa shape index (κ1) is 105. The number of unbranched alkanes of at least 4 members (excludes halogenated alkanes) is 50. The Kier molecular flexibility index (Phi) is 75.3. The van der Waals surface area contributed by atoms with Crippen molar-refractivity contribution in [3.05, 3.63) is 0 Å². The van der Waals surface area contributed by atoms with Gasteiger partial charge in [-0.05, 0) is 49.4 Å². The number of carbonyl (C=O) groups excluding carboxylic acids is 4. The van der Waals surface area contributed by atoms with E-state index in [1.165, 1.54) is 257 Å². The smallest absolute Gasteiger partial charge is 0.462 e. The molecule has 0 saturated carbocycles. The average Bonchev–Trinajstić information content (AvgIpc) is 0.901. The molecule has 0 aliphatic carbocycles. The number of rotatable bonds is 85. The Morgan fingerprint density at radius 1 is 0.262 bits per heavy atom. The Balaban J connectivity index is 5.20. The number of phosphoric acid groups is 2. The van der Waals surface area contributed by atoms with Gasteiger partial charge in [0, 0.05) is 25.7 Å². The highest BCUT2D eigenvalue weighted by Crippen LogP contribution is 2.45. The normalized spacial score (nSPS) is 14.1. The van der Waals surface area contributed by atoms with E-state index in [0.29, 0.717) is 25.7 Å². The number of esters is 4. The molecule has 0 aromatic heterocycles. The second-order valence-corrected chi connectivity index (χ2v) is 36.2. The standard InChI is InChI=1S/C88H172O17P2/c1-9-81(8)67-59-51-46-47-53-61-69-86(91)99-75-84(105-88(93)71-63-55-45-39-33-25-21-17-13-11-15-19-23-29-35-41-49-57-65-79(4)5)77-103-107(96,97)101-73-82(89)72-100-106(94,95)102-76-83(74-98-85(90)68-60-52-43-37-31-27-26-30-36-42-50-58-66-80(6)7)104-87(92)70-62-54-44-38-32-24-20-16-12-10-14-18-22-28-34-40-48-56-64-78(2)3/h78-84,89H,9-77H2,1-8H3,(H,94,95)(H,96,97)/t81?,82-,83-,84-/m1/s1. The van der Waals surface area contributed by atoms with E-state index < -0.39 is 97.5 Å². The van der Waals surface area contributed by atoms with Crippen molar-refractivity contribution in [2.75, 3.05) is 39.6 Å². The summed E-state index contributed by atoms with van der Waals surface area (Å²) < 4.78 is 68.9. The summed E-state index contributed by atoms with van der Waals surface area (Å²) in [7, 11) is -9.93. The zero-order valence-corrected chi connectivity index (χ0v) is 72.6. The van der Waals surface area contributed by atoms with E-state index >= 15 is 0 Å². The molecule has 107 heavy (non-hydrogen) atoms. The molecule has 0 bridgehead atoms. The van der Waals surface area contributed by atoms with Crippen LogP contribution >= 0.6 is 15.6 Å². The average molecular weight is 1560 g/mol. The highest BCUT2D eigenvalue weighted by atomic mass is 31.2. The zero-order chi connectivity index (χ0) is 78.8. The summed E-state index contributed by atoms with van der Waals surface area (Å²) in [4.78, 5) is 73.3. The summed E-state index contributed by atoms with van der Waals surface area (Å²) in [6.45, 7) is 14.3. The zero-order valence-electron chi connectivity index (χ0n) is 70.8. The van der Waals surface area contributed by atoms with Gasteiger partial charge in [0.05, 0.1) is 26.4 Å². The van der Waals surface area contributed by atoms with Crippen molar-refractivity contribution < 1.29 is 80.2 Å². The molecule has 17 nitrogen and oxygen atoms in total. The van der Waals surface area contributed by atoms with E-state index in [9.17, 15) is 43.2 Å². The summed E-state index contributed by atoms with van der Waals surface area (Å²) in [6, 6.07) is 0. The molecule has 0 spiro atoms. The number of phosphoric ester groups is 2. The molecule has 0 heterocycles. The third kappa shape index (κ3) is 80.5. The first-order valence-electron chi connectivity index (χ1n) is 45.2. The van der Waals surface area contributed by atoms with E-state index in [1.807, 2.05) is 0 Å². The van der Waals surface area contributed by atoms with Crippen molar-refractivity contribution in [3.63, 3.8) is 0 Å². The van der Waals surface area contributed by atoms with E-state index in [0.717, 1.165) is 120 Å². The minimum absolute atomic E-state index is 0.107. The summed E-state index contributed by atoms with van der Waals surface area (Å²) in [5, 5.41) is 10.7. The van der Waals surface area contributed by atoms with Crippen molar-refractivity contribution >= 4 is 39.5 Å². The van der Waals surface area contributed by atoms with E-state index in [4.69, 9.17) is 37.0 Å². The lowest BCUT2D eigenvalue weighted by Gasteiger charge is -2.21. The van der Waals surface area contributed by atoms with Gasteiger partial charge in [-0.2, -0.15) is 0 Å². The fraction of sp³-hybridized carbons (Fsp3) is 0.955. The maximum Gasteiger partial charge on any atom is 0.472 e. The SMILES string of the molecule is CCC(C)CCCCCCCCC(=O)OC[C@H](COP(=O)(O)OC[C@H](O)COP(=O)(O)OC[C@@H](COC(=O)CCCCCCCCCCCCCCC(C)C)OC(=O)CCCCCCCCCCCCCCCCCCCCC(C)C)OC(=O)CCCCCCCCCCCCCCCCCCCCC(C)C. The van der Waals surface area contributed by atoms with Gasteiger partial charge in [-0.3, -0.25) is 37.3 Å². The molecule has 3 N–H and O–H groups in total. The predicted octanol–water partition coefficient (Wildman–Crippen LogP) is 26.7. The third-order valence-corrected chi connectivity index (χ3v) is 22.8. The highest BCUT2D eigenvalue weighted by Gasteiger charge is 2.31. The van der Waals surface area contributed by atoms with Gasteiger partial charge in [0.15, 0.2) is 12.2 Å². The van der Waals surface area contributed by atoms with Crippen LogP contribution in [-0.4, -0.2) is 96.7 Å². The van der Waals surface area contributed by atoms with Crippen LogP contribution in [0.15, 0.2) is 0 Å². The topological polar surface area (TPSA) is 237 Å². The van der Waals surface area contributed by atoms with E-state index in [2.05, 4.69) is 55.4 Å². The largest absolute Gasteiger partial charge is 0.472 e. The number of ether oxygens (including phenoxy) is 4. The number of hydrogen-bond acceptors (Lipinski definition) is 15. The van der Waals surface area contributed by atoms with Crippen LogP contribution in [0.3, 0.4) is 0 Å².